The first-order valence-corrected chi connectivity index (χ1v) is 8.22. The van der Waals surface area contributed by atoms with Crippen LogP contribution >= 0.6 is 11.6 Å². The third-order valence-electron chi connectivity index (χ3n) is 3.41. The number of amides is 1. The van der Waals surface area contributed by atoms with E-state index in [4.69, 9.17) is 16.3 Å². The summed E-state index contributed by atoms with van der Waals surface area (Å²) in [5.41, 5.74) is 0.509. The van der Waals surface area contributed by atoms with Gasteiger partial charge in [-0.15, -0.1) is 0 Å². The molecule has 0 unspecified atom stereocenters. The minimum Gasteiger partial charge on any atom is -0.444 e. The molecule has 25 heavy (non-hydrogen) atoms. The van der Waals surface area contributed by atoms with Crippen molar-refractivity contribution in [2.75, 3.05) is 5.32 Å². The number of rotatable bonds is 8. The summed E-state index contributed by atoms with van der Waals surface area (Å²) in [7, 11) is 0. The van der Waals surface area contributed by atoms with E-state index in [2.05, 4.69) is 10.4 Å². The summed E-state index contributed by atoms with van der Waals surface area (Å²) in [6.45, 7) is 2.16. The first-order valence-electron chi connectivity index (χ1n) is 7.84. The van der Waals surface area contributed by atoms with Gasteiger partial charge in [-0.1, -0.05) is 17.7 Å². The van der Waals surface area contributed by atoms with Crippen LogP contribution in [-0.2, 0) is 22.7 Å². The Kier molecular flexibility index (Phi) is 6.94. The standard InChI is InChI=1S/C17H19ClFN3O3/c1-12(23)4-2-3-8-22-9-7-16(21-22)20-17(24)25-11-13-5-6-14(19)10-15(13)18/h5-7,9-10H,2-4,8,11H2,1H3,(H,20,21,24). The molecule has 0 saturated carbocycles. The Bertz CT molecular complexity index is 748. The highest BCUT2D eigenvalue weighted by atomic mass is 35.5. The highest BCUT2D eigenvalue weighted by molar-refractivity contribution is 6.31. The second-order valence-corrected chi connectivity index (χ2v) is 5.97. The molecule has 1 aromatic heterocycles. The van der Waals surface area contributed by atoms with Crippen molar-refractivity contribution in [1.29, 1.82) is 0 Å². The molecule has 0 aliphatic rings. The van der Waals surface area contributed by atoms with Crippen molar-refractivity contribution < 1.29 is 18.7 Å². The van der Waals surface area contributed by atoms with Gasteiger partial charge in [-0.3, -0.25) is 10.00 Å². The number of carbonyl (C=O) groups is 2. The molecule has 6 nitrogen and oxygen atoms in total. The minimum absolute atomic E-state index is 0.0727. The van der Waals surface area contributed by atoms with E-state index in [0.29, 0.717) is 24.3 Å². The number of halogens is 2. The number of unbranched alkanes of at least 4 members (excludes halogenated alkanes) is 1. The van der Waals surface area contributed by atoms with E-state index in [0.717, 1.165) is 18.9 Å². The number of anilines is 1. The van der Waals surface area contributed by atoms with Crippen LogP contribution in [0.15, 0.2) is 30.5 Å². The van der Waals surface area contributed by atoms with Crippen molar-refractivity contribution in [2.24, 2.45) is 0 Å². The van der Waals surface area contributed by atoms with E-state index >= 15 is 0 Å². The number of nitrogens with one attached hydrogen (secondary N) is 1. The largest absolute Gasteiger partial charge is 0.444 e. The zero-order valence-corrected chi connectivity index (χ0v) is 14.6. The highest BCUT2D eigenvalue weighted by Crippen LogP contribution is 2.18. The summed E-state index contributed by atoms with van der Waals surface area (Å²) >= 11 is 5.87. The first-order chi connectivity index (χ1) is 11.9. The van der Waals surface area contributed by atoms with E-state index in [9.17, 15) is 14.0 Å². The zero-order valence-electron chi connectivity index (χ0n) is 13.8. The molecule has 8 heteroatoms. The van der Waals surface area contributed by atoms with Gasteiger partial charge in [0, 0.05) is 30.8 Å². The van der Waals surface area contributed by atoms with Crippen LogP contribution in [-0.4, -0.2) is 21.7 Å². The van der Waals surface area contributed by atoms with Gasteiger partial charge in [-0.05, 0) is 31.9 Å². The topological polar surface area (TPSA) is 73.2 Å². The van der Waals surface area contributed by atoms with E-state index in [-0.39, 0.29) is 17.4 Å². The number of aryl methyl sites for hydroxylation is 1. The second-order valence-electron chi connectivity index (χ2n) is 5.56. The normalized spacial score (nSPS) is 10.5. The molecule has 1 heterocycles. The smallest absolute Gasteiger partial charge is 0.413 e. The van der Waals surface area contributed by atoms with Crippen LogP contribution in [0.1, 0.15) is 31.7 Å². The lowest BCUT2D eigenvalue weighted by molar-refractivity contribution is -0.117. The molecule has 0 saturated heterocycles. The number of Topliss-reactive ketones (excluding diaryl/α,β-unsaturated/α-hetero) is 1. The minimum atomic E-state index is -0.678. The van der Waals surface area contributed by atoms with Crippen LogP contribution in [0.2, 0.25) is 5.02 Å². The van der Waals surface area contributed by atoms with Crippen molar-refractivity contribution in [1.82, 2.24) is 9.78 Å². The summed E-state index contributed by atoms with van der Waals surface area (Å²) in [5, 5.41) is 6.90. The first kappa shape index (κ1) is 18.9. The van der Waals surface area contributed by atoms with Crippen molar-refractivity contribution >= 4 is 29.3 Å². The molecule has 0 bridgehead atoms. The van der Waals surface area contributed by atoms with Gasteiger partial charge in [-0.2, -0.15) is 5.10 Å². The van der Waals surface area contributed by atoms with Crippen LogP contribution in [0.25, 0.3) is 0 Å². The number of aromatic nitrogens is 2. The van der Waals surface area contributed by atoms with Crippen molar-refractivity contribution in [3.8, 4) is 0 Å². The number of nitrogens with zero attached hydrogens (tertiary/aromatic N) is 2. The van der Waals surface area contributed by atoms with Crippen molar-refractivity contribution in [2.45, 2.75) is 39.3 Å². The molecule has 2 rings (SSSR count). The SMILES string of the molecule is CC(=O)CCCCn1ccc(NC(=O)OCc2ccc(F)cc2Cl)n1. The lowest BCUT2D eigenvalue weighted by atomic mass is 10.2. The van der Waals surface area contributed by atoms with Gasteiger partial charge in [0.05, 0.1) is 5.02 Å². The molecule has 0 radical (unpaired) electrons. The maximum atomic E-state index is 13.0. The fourth-order valence-electron chi connectivity index (χ4n) is 2.12. The summed E-state index contributed by atoms with van der Waals surface area (Å²) in [4.78, 5) is 22.6. The Morgan fingerprint density at radius 2 is 2.12 bits per heavy atom. The van der Waals surface area contributed by atoms with Crippen LogP contribution in [0.5, 0.6) is 0 Å². The van der Waals surface area contributed by atoms with Gasteiger partial charge in [0.1, 0.15) is 18.2 Å². The van der Waals surface area contributed by atoms with Crippen LogP contribution in [0.3, 0.4) is 0 Å². The summed E-state index contributed by atoms with van der Waals surface area (Å²) < 4.78 is 19.7. The van der Waals surface area contributed by atoms with Crippen LogP contribution < -0.4 is 5.32 Å². The van der Waals surface area contributed by atoms with Gasteiger partial charge >= 0.3 is 6.09 Å². The number of hydrogen-bond acceptors (Lipinski definition) is 4. The molecule has 0 fully saturated rings. The molecule has 1 N–H and O–H groups in total. The van der Waals surface area contributed by atoms with Crippen molar-refractivity contribution in [3.63, 3.8) is 0 Å². The average molecular weight is 368 g/mol. The molecular formula is C17H19ClFN3O3. The van der Waals surface area contributed by atoms with E-state index in [1.807, 2.05) is 0 Å². The molecular weight excluding hydrogens is 349 g/mol. The molecule has 0 aliphatic carbocycles. The van der Waals surface area contributed by atoms with E-state index < -0.39 is 11.9 Å². The Balaban J connectivity index is 1.76. The quantitative estimate of drug-likeness (QED) is 0.710. The molecule has 0 aliphatic heterocycles. The summed E-state index contributed by atoms with van der Waals surface area (Å²) in [6.07, 6.45) is 3.25. The molecule has 0 atom stereocenters. The monoisotopic (exact) mass is 367 g/mol. The van der Waals surface area contributed by atoms with Crippen LogP contribution in [0, 0.1) is 5.82 Å². The third kappa shape index (κ3) is 6.54. The van der Waals surface area contributed by atoms with Gasteiger partial charge in [0.25, 0.3) is 0 Å². The predicted octanol–water partition coefficient (Wildman–Crippen LogP) is 4.18. The number of ketones is 1. The summed E-state index contributed by atoms with van der Waals surface area (Å²) in [6, 6.07) is 5.51. The molecule has 1 aromatic carbocycles. The lowest BCUT2D eigenvalue weighted by Crippen LogP contribution is -2.14. The summed E-state index contributed by atoms with van der Waals surface area (Å²) in [5.74, 6) is 0.0839. The fourth-order valence-corrected chi connectivity index (χ4v) is 2.35. The predicted molar refractivity (Wildman–Crippen MR) is 92.0 cm³/mol. The maximum Gasteiger partial charge on any atom is 0.413 e. The number of carbonyl (C=O) groups excluding carboxylic acids is 2. The molecule has 2 aromatic rings. The second kappa shape index (κ2) is 9.17. The maximum absolute atomic E-state index is 13.0. The number of hydrogen-bond donors (Lipinski definition) is 1. The van der Waals surface area contributed by atoms with Crippen molar-refractivity contribution in [3.05, 3.63) is 46.9 Å². The fraction of sp³-hybridized carbons (Fsp3) is 0.353. The average Bonchev–Trinajstić information content (AvgIpc) is 2.98. The Hall–Kier alpha value is -2.41. The van der Waals surface area contributed by atoms with E-state index in [1.165, 1.54) is 12.1 Å². The van der Waals surface area contributed by atoms with E-state index in [1.54, 1.807) is 23.9 Å². The van der Waals surface area contributed by atoms with Gasteiger partial charge < -0.3 is 9.53 Å². The zero-order chi connectivity index (χ0) is 18.2. The highest BCUT2D eigenvalue weighted by Gasteiger charge is 2.09. The Morgan fingerprint density at radius 1 is 1.32 bits per heavy atom. The van der Waals surface area contributed by atoms with Gasteiger partial charge in [-0.25, -0.2) is 9.18 Å². The Labute approximate surface area is 149 Å². The molecule has 134 valence electrons. The van der Waals surface area contributed by atoms with Gasteiger partial charge in [0.15, 0.2) is 5.82 Å². The van der Waals surface area contributed by atoms with Crippen LogP contribution in [0.4, 0.5) is 15.0 Å². The molecule has 0 spiro atoms. The lowest BCUT2D eigenvalue weighted by Gasteiger charge is -2.07. The number of ether oxygens (including phenoxy) is 1. The third-order valence-corrected chi connectivity index (χ3v) is 3.76. The Morgan fingerprint density at radius 3 is 2.84 bits per heavy atom. The van der Waals surface area contributed by atoms with Gasteiger partial charge in [0.2, 0.25) is 0 Å². The number of benzene rings is 1. The molecule has 1 amide bonds.